The maximum Gasteiger partial charge on any atom is 0.0718 e. The Morgan fingerprint density at radius 3 is 2.58 bits per heavy atom. The first-order valence-corrected chi connectivity index (χ1v) is 4.45. The van der Waals surface area contributed by atoms with Gasteiger partial charge >= 0.3 is 0 Å². The van der Waals surface area contributed by atoms with Gasteiger partial charge in [0.25, 0.3) is 0 Å². The third-order valence-electron chi connectivity index (χ3n) is 2.39. The summed E-state index contributed by atoms with van der Waals surface area (Å²) in [5.41, 5.74) is -0.960. The van der Waals surface area contributed by atoms with Crippen LogP contribution >= 0.6 is 0 Å². The van der Waals surface area contributed by atoms with Gasteiger partial charge in [-0.15, -0.1) is 0 Å². The van der Waals surface area contributed by atoms with Crippen molar-refractivity contribution in [1.82, 2.24) is 0 Å². The monoisotopic (exact) mass is 174 g/mol. The van der Waals surface area contributed by atoms with E-state index in [2.05, 4.69) is 0 Å². The van der Waals surface area contributed by atoms with E-state index in [1.54, 1.807) is 0 Å². The lowest BCUT2D eigenvalue weighted by Crippen LogP contribution is -2.46. The van der Waals surface area contributed by atoms with Gasteiger partial charge in [0.05, 0.1) is 17.8 Å². The Kier molecular flexibility index (Phi) is 2.76. The third kappa shape index (κ3) is 2.44. The van der Waals surface area contributed by atoms with Gasteiger partial charge in [0, 0.05) is 13.0 Å². The molecule has 0 saturated carbocycles. The SMILES string of the molecule is CC1(C)C[C@](O)(CCO)CCO1. The van der Waals surface area contributed by atoms with Gasteiger partial charge in [-0.1, -0.05) is 0 Å². The van der Waals surface area contributed by atoms with Crippen LogP contribution in [0, 0.1) is 0 Å². The van der Waals surface area contributed by atoms with Crippen molar-refractivity contribution in [3.63, 3.8) is 0 Å². The molecule has 2 N–H and O–H groups in total. The number of aliphatic hydroxyl groups excluding tert-OH is 1. The van der Waals surface area contributed by atoms with Crippen LogP contribution in [0.3, 0.4) is 0 Å². The molecular formula is C9H18O3. The van der Waals surface area contributed by atoms with E-state index in [4.69, 9.17) is 9.84 Å². The molecule has 0 aromatic rings. The number of ether oxygens (including phenoxy) is 1. The molecule has 1 aliphatic heterocycles. The van der Waals surface area contributed by atoms with E-state index in [1.807, 2.05) is 13.8 Å². The average molecular weight is 174 g/mol. The van der Waals surface area contributed by atoms with Gasteiger partial charge < -0.3 is 14.9 Å². The van der Waals surface area contributed by atoms with Crippen molar-refractivity contribution in [3.05, 3.63) is 0 Å². The Hall–Kier alpha value is -0.120. The number of hydrogen-bond acceptors (Lipinski definition) is 3. The summed E-state index contributed by atoms with van der Waals surface area (Å²) in [5, 5.41) is 18.7. The predicted octanol–water partition coefficient (Wildman–Crippen LogP) is 0.689. The molecule has 72 valence electrons. The standard InChI is InChI=1S/C9H18O3/c1-8(2)7-9(11,3-5-10)4-6-12-8/h10-11H,3-7H2,1-2H3/t9-/m0/s1. The molecule has 0 radical (unpaired) electrons. The topological polar surface area (TPSA) is 49.7 Å². The highest BCUT2D eigenvalue weighted by molar-refractivity contribution is 4.90. The number of hydrogen-bond donors (Lipinski definition) is 2. The van der Waals surface area contributed by atoms with Crippen molar-refractivity contribution < 1.29 is 14.9 Å². The van der Waals surface area contributed by atoms with Crippen LogP contribution in [-0.2, 0) is 4.74 Å². The van der Waals surface area contributed by atoms with Gasteiger partial charge in [0.2, 0.25) is 0 Å². The van der Waals surface area contributed by atoms with Gasteiger partial charge in [0.15, 0.2) is 0 Å². The molecule has 1 aliphatic rings. The van der Waals surface area contributed by atoms with Crippen LogP contribution in [0.5, 0.6) is 0 Å². The Morgan fingerprint density at radius 1 is 1.42 bits per heavy atom. The number of rotatable bonds is 2. The molecular weight excluding hydrogens is 156 g/mol. The number of aliphatic hydroxyl groups is 2. The maximum atomic E-state index is 9.97. The van der Waals surface area contributed by atoms with Crippen LogP contribution in [0.1, 0.15) is 33.1 Å². The van der Waals surface area contributed by atoms with E-state index < -0.39 is 5.60 Å². The fraction of sp³-hybridized carbons (Fsp3) is 1.00. The van der Waals surface area contributed by atoms with Gasteiger partial charge in [-0.3, -0.25) is 0 Å². The lowest BCUT2D eigenvalue weighted by molar-refractivity contribution is -0.149. The second-order valence-electron chi connectivity index (χ2n) is 4.23. The second-order valence-corrected chi connectivity index (χ2v) is 4.23. The smallest absolute Gasteiger partial charge is 0.0718 e. The zero-order valence-electron chi connectivity index (χ0n) is 7.84. The largest absolute Gasteiger partial charge is 0.396 e. The fourth-order valence-corrected chi connectivity index (χ4v) is 1.87. The van der Waals surface area contributed by atoms with Crippen LogP contribution in [0.15, 0.2) is 0 Å². The Morgan fingerprint density at radius 2 is 2.08 bits per heavy atom. The average Bonchev–Trinajstić information content (AvgIpc) is 1.83. The van der Waals surface area contributed by atoms with E-state index in [0.29, 0.717) is 25.9 Å². The van der Waals surface area contributed by atoms with Crippen LogP contribution in [0.25, 0.3) is 0 Å². The molecule has 0 aromatic heterocycles. The van der Waals surface area contributed by atoms with Crippen molar-refractivity contribution in [1.29, 1.82) is 0 Å². The van der Waals surface area contributed by atoms with Gasteiger partial charge in [-0.25, -0.2) is 0 Å². The van der Waals surface area contributed by atoms with E-state index in [0.717, 1.165) is 0 Å². The quantitative estimate of drug-likeness (QED) is 0.647. The minimum atomic E-state index is -0.712. The molecule has 12 heavy (non-hydrogen) atoms. The summed E-state index contributed by atoms with van der Waals surface area (Å²) >= 11 is 0. The summed E-state index contributed by atoms with van der Waals surface area (Å²) in [6, 6.07) is 0. The highest BCUT2D eigenvalue weighted by Gasteiger charge is 2.38. The van der Waals surface area contributed by atoms with E-state index in [-0.39, 0.29) is 12.2 Å². The fourth-order valence-electron chi connectivity index (χ4n) is 1.87. The molecule has 3 nitrogen and oxygen atoms in total. The predicted molar refractivity (Wildman–Crippen MR) is 45.9 cm³/mol. The molecule has 1 heterocycles. The van der Waals surface area contributed by atoms with Gasteiger partial charge in [-0.2, -0.15) is 0 Å². The van der Waals surface area contributed by atoms with Gasteiger partial charge in [0.1, 0.15) is 0 Å². The van der Waals surface area contributed by atoms with Crippen LogP contribution in [0.4, 0.5) is 0 Å². The molecule has 1 fully saturated rings. The molecule has 1 saturated heterocycles. The third-order valence-corrected chi connectivity index (χ3v) is 2.39. The minimum absolute atomic E-state index is 0.0482. The highest BCUT2D eigenvalue weighted by Crippen LogP contribution is 2.33. The lowest BCUT2D eigenvalue weighted by Gasteiger charge is -2.41. The summed E-state index contributed by atoms with van der Waals surface area (Å²) in [4.78, 5) is 0. The Labute approximate surface area is 73.4 Å². The zero-order valence-corrected chi connectivity index (χ0v) is 7.84. The zero-order chi connectivity index (χ0) is 9.24. The van der Waals surface area contributed by atoms with Crippen molar-refractivity contribution in [3.8, 4) is 0 Å². The van der Waals surface area contributed by atoms with Crippen molar-refractivity contribution in [2.45, 2.75) is 44.3 Å². The van der Waals surface area contributed by atoms with Crippen LogP contribution in [0.2, 0.25) is 0 Å². The van der Waals surface area contributed by atoms with Crippen LogP contribution in [-0.4, -0.2) is 34.6 Å². The van der Waals surface area contributed by atoms with E-state index in [9.17, 15) is 5.11 Å². The summed E-state index contributed by atoms with van der Waals surface area (Å²) in [6.07, 6.45) is 1.71. The van der Waals surface area contributed by atoms with E-state index in [1.165, 1.54) is 0 Å². The molecule has 0 spiro atoms. The first-order chi connectivity index (χ1) is 5.47. The summed E-state index contributed by atoms with van der Waals surface area (Å²) < 4.78 is 5.47. The first-order valence-electron chi connectivity index (χ1n) is 4.45. The molecule has 0 bridgehead atoms. The van der Waals surface area contributed by atoms with Crippen molar-refractivity contribution in [2.75, 3.05) is 13.2 Å². The first kappa shape index (κ1) is 9.96. The molecule has 0 aliphatic carbocycles. The van der Waals surface area contributed by atoms with Gasteiger partial charge in [-0.05, 0) is 26.7 Å². The molecule has 0 unspecified atom stereocenters. The summed E-state index contributed by atoms with van der Waals surface area (Å²) in [5.74, 6) is 0. The molecule has 1 atom stereocenters. The van der Waals surface area contributed by atoms with E-state index >= 15 is 0 Å². The molecule has 0 aromatic carbocycles. The summed E-state index contributed by atoms with van der Waals surface area (Å²) in [7, 11) is 0. The Balaban J connectivity index is 2.55. The summed E-state index contributed by atoms with van der Waals surface area (Å²) in [6.45, 7) is 4.57. The molecule has 1 rings (SSSR count). The normalized spacial score (nSPS) is 35.0. The maximum absolute atomic E-state index is 9.97. The minimum Gasteiger partial charge on any atom is -0.396 e. The van der Waals surface area contributed by atoms with Crippen molar-refractivity contribution >= 4 is 0 Å². The molecule has 3 heteroatoms. The Bertz CT molecular complexity index is 152. The highest BCUT2D eigenvalue weighted by atomic mass is 16.5. The lowest BCUT2D eigenvalue weighted by atomic mass is 9.82. The second kappa shape index (κ2) is 3.32. The molecule has 0 amide bonds. The van der Waals surface area contributed by atoms with Crippen LogP contribution < -0.4 is 0 Å². The van der Waals surface area contributed by atoms with Crippen molar-refractivity contribution in [2.24, 2.45) is 0 Å².